The lowest BCUT2D eigenvalue weighted by Gasteiger charge is -2.22. The van der Waals surface area contributed by atoms with Crippen LogP contribution in [0.5, 0.6) is 0 Å². The third-order valence-corrected chi connectivity index (χ3v) is 4.12. The van der Waals surface area contributed by atoms with Gasteiger partial charge in [-0.3, -0.25) is 0 Å². The summed E-state index contributed by atoms with van der Waals surface area (Å²) in [6.07, 6.45) is 2.84. The maximum atomic E-state index is 5.87. The van der Waals surface area contributed by atoms with Gasteiger partial charge in [-0.2, -0.15) is 0 Å². The summed E-state index contributed by atoms with van der Waals surface area (Å²) < 4.78 is 0. The first-order valence-corrected chi connectivity index (χ1v) is 6.01. The van der Waals surface area contributed by atoms with Crippen LogP contribution in [0.1, 0.15) is 16.8 Å². The molecule has 0 saturated heterocycles. The summed E-state index contributed by atoms with van der Waals surface area (Å²) in [6, 6.07) is 0. The van der Waals surface area contributed by atoms with Crippen LogP contribution in [-0.2, 0) is 6.42 Å². The predicted octanol–water partition coefficient (Wildman–Crippen LogP) is 3.48. The van der Waals surface area contributed by atoms with Crippen LogP contribution >= 0.6 is 34.5 Å². The van der Waals surface area contributed by atoms with Gasteiger partial charge < -0.3 is 0 Å². The van der Waals surface area contributed by atoms with Gasteiger partial charge >= 0.3 is 0 Å². The molecule has 0 aromatic carbocycles. The number of nitrogens with zero attached hydrogens (tertiary/aromatic N) is 1. The molecule has 0 N–H and O–H groups in total. The third-order valence-electron chi connectivity index (χ3n) is 1.92. The normalized spacial score (nSPS) is 12.0. The first-order valence-electron chi connectivity index (χ1n) is 4.13. The van der Waals surface area contributed by atoms with Gasteiger partial charge in [0.15, 0.2) is 0 Å². The molecule has 13 heavy (non-hydrogen) atoms. The minimum Gasteiger partial charge on any atom is -0.250 e. The zero-order chi connectivity index (χ0) is 9.90. The number of aromatic nitrogens is 1. The fourth-order valence-corrected chi connectivity index (χ4v) is 2.52. The SMILES string of the molecule is Cc1ncc(CC(C)(CCl)CCl)s1. The quantitative estimate of drug-likeness (QED) is 0.732. The number of halogens is 2. The van der Waals surface area contributed by atoms with Gasteiger partial charge in [-0.05, 0) is 18.8 Å². The van der Waals surface area contributed by atoms with E-state index in [1.807, 2.05) is 13.1 Å². The van der Waals surface area contributed by atoms with Gasteiger partial charge in [0.25, 0.3) is 0 Å². The van der Waals surface area contributed by atoms with E-state index in [2.05, 4.69) is 11.9 Å². The third kappa shape index (κ3) is 3.12. The van der Waals surface area contributed by atoms with E-state index < -0.39 is 0 Å². The molecule has 0 unspecified atom stereocenters. The van der Waals surface area contributed by atoms with Crippen LogP contribution in [0, 0.1) is 12.3 Å². The second kappa shape index (κ2) is 4.63. The number of alkyl halides is 2. The molecule has 1 rings (SSSR count). The Labute approximate surface area is 93.1 Å². The monoisotopic (exact) mass is 237 g/mol. The lowest BCUT2D eigenvalue weighted by molar-refractivity contribution is 0.428. The molecule has 0 amide bonds. The maximum Gasteiger partial charge on any atom is 0.0896 e. The van der Waals surface area contributed by atoms with Crippen molar-refractivity contribution < 1.29 is 0 Å². The van der Waals surface area contributed by atoms with E-state index in [0.29, 0.717) is 11.8 Å². The van der Waals surface area contributed by atoms with Gasteiger partial charge in [0, 0.05) is 22.8 Å². The summed E-state index contributed by atoms with van der Waals surface area (Å²) in [5, 5.41) is 1.10. The van der Waals surface area contributed by atoms with Crippen LogP contribution in [0.4, 0.5) is 0 Å². The first-order chi connectivity index (χ1) is 6.09. The smallest absolute Gasteiger partial charge is 0.0896 e. The van der Waals surface area contributed by atoms with Gasteiger partial charge in [0.05, 0.1) is 5.01 Å². The molecule has 0 spiro atoms. The van der Waals surface area contributed by atoms with Crippen molar-refractivity contribution in [1.29, 1.82) is 0 Å². The van der Waals surface area contributed by atoms with E-state index in [4.69, 9.17) is 23.2 Å². The molecule has 1 aromatic heterocycles. The largest absolute Gasteiger partial charge is 0.250 e. The number of rotatable bonds is 4. The standard InChI is InChI=1S/C9H13Cl2NS/c1-7-12-4-8(13-7)3-9(2,5-10)6-11/h4H,3,5-6H2,1-2H3. The Hall–Kier alpha value is 0.210. The highest BCUT2D eigenvalue weighted by atomic mass is 35.5. The number of hydrogen-bond acceptors (Lipinski definition) is 2. The Morgan fingerprint density at radius 1 is 1.46 bits per heavy atom. The topological polar surface area (TPSA) is 12.9 Å². The molecule has 0 bridgehead atoms. The number of hydrogen-bond donors (Lipinski definition) is 0. The molecule has 74 valence electrons. The highest BCUT2D eigenvalue weighted by Gasteiger charge is 2.23. The molecular weight excluding hydrogens is 225 g/mol. The Morgan fingerprint density at radius 2 is 2.08 bits per heavy atom. The Balaban J connectivity index is 2.67. The molecule has 0 fully saturated rings. The Kier molecular flexibility index (Phi) is 4.02. The summed E-state index contributed by atoms with van der Waals surface area (Å²) in [4.78, 5) is 5.47. The van der Waals surface area contributed by atoms with Crippen molar-refractivity contribution in [1.82, 2.24) is 4.98 Å². The van der Waals surface area contributed by atoms with Gasteiger partial charge in [0.1, 0.15) is 0 Å². The Bertz CT molecular complexity index is 268. The number of aryl methyl sites for hydroxylation is 1. The lowest BCUT2D eigenvalue weighted by atomic mass is 9.91. The first kappa shape index (κ1) is 11.3. The number of thiazole rings is 1. The Morgan fingerprint density at radius 3 is 2.46 bits per heavy atom. The van der Waals surface area contributed by atoms with Gasteiger partial charge in [0.2, 0.25) is 0 Å². The fourth-order valence-electron chi connectivity index (χ4n) is 1.04. The lowest BCUT2D eigenvalue weighted by Crippen LogP contribution is -2.23. The van der Waals surface area contributed by atoms with Crippen molar-refractivity contribution in [3.05, 3.63) is 16.1 Å². The molecule has 4 heteroatoms. The summed E-state index contributed by atoms with van der Waals surface area (Å²) in [7, 11) is 0. The van der Waals surface area contributed by atoms with Crippen molar-refractivity contribution in [2.24, 2.45) is 5.41 Å². The van der Waals surface area contributed by atoms with Crippen LogP contribution in [-0.4, -0.2) is 16.7 Å². The zero-order valence-electron chi connectivity index (χ0n) is 7.81. The molecule has 1 nitrogen and oxygen atoms in total. The van der Waals surface area contributed by atoms with E-state index >= 15 is 0 Å². The average Bonchev–Trinajstić information content (AvgIpc) is 2.51. The van der Waals surface area contributed by atoms with E-state index in [1.54, 1.807) is 11.3 Å². The molecule has 1 aromatic rings. The zero-order valence-corrected chi connectivity index (χ0v) is 10.1. The second-order valence-electron chi connectivity index (χ2n) is 3.60. The average molecular weight is 238 g/mol. The van der Waals surface area contributed by atoms with E-state index in [9.17, 15) is 0 Å². The minimum absolute atomic E-state index is 0.00207. The van der Waals surface area contributed by atoms with Crippen molar-refractivity contribution in [3.63, 3.8) is 0 Å². The molecule has 1 heterocycles. The molecule has 0 aliphatic rings. The van der Waals surface area contributed by atoms with Gasteiger partial charge in [-0.15, -0.1) is 34.5 Å². The molecule has 0 aliphatic heterocycles. The highest BCUT2D eigenvalue weighted by Crippen LogP contribution is 2.28. The van der Waals surface area contributed by atoms with Crippen LogP contribution in [0.3, 0.4) is 0 Å². The predicted molar refractivity (Wildman–Crippen MR) is 60.1 cm³/mol. The highest BCUT2D eigenvalue weighted by molar-refractivity contribution is 7.11. The van der Waals surface area contributed by atoms with Gasteiger partial charge in [-0.1, -0.05) is 6.92 Å². The van der Waals surface area contributed by atoms with Crippen LogP contribution in [0.2, 0.25) is 0 Å². The fraction of sp³-hybridized carbons (Fsp3) is 0.667. The van der Waals surface area contributed by atoms with E-state index in [1.165, 1.54) is 4.88 Å². The molecule has 0 aliphatic carbocycles. The van der Waals surface area contributed by atoms with E-state index in [0.717, 1.165) is 11.4 Å². The van der Waals surface area contributed by atoms with Gasteiger partial charge in [-0.25, -0.2) is 4.98 Å². The molecule has 0 radical (unpaired) electrons. The summed E-state index contributed by atoms with van der Waals surface area (Å²) >= 11 is 13.4. The summed E-state index contributed by atoms with van der Waals surface area (Å²) in [6.45, 7) is 4.11. The van der Waals surface area contributed by atoms with Crippen LogP contribution < -0.4 is 0 Å². The van der Waals surface area contributed by atoms with E-state index in [-0.39, 0.29) is 5.41 Å². The molecule has 0 saturated carbocycles. The summed E-state index contributed by atoms with van der Waals surface area (Å²) in [5.74, 6) is 1.18. The maximum absolute atomic E-state index is 5.87. The van der Waals surface area contributed by atoms with Crippen molar-refractivity contribution >= 4 is 34.5 Å². The van der Waals surface area contributed by atoms with Crippen molar-refractivity contribution in [2.45, 2.75) is 20.3 Å². The van der Waals surface area contributed by atoms with Crippen LogP contribution in [0.25, 0.3) is 0 Å². The summed E-state index contributed by atoms with van der Waals surface area (Å²) in [5.41, 5.74) is 0.00207. The molecule has 0 atom stereocenters. The molecular formula is C9H13Cl2NS. The van der Waals surface area contributed by atoms with Crippen molar-refractivity contribution in [2.75, 3.05) is 11.8 Å². The second-order valence-corrected chi connectivity index (χ2v) is 5.45. The minimum atomic E-state index is 0.00207. The van der Waals surface area contributed by atoms with Crippen molar-refractivity contribution in [3.8, 4) is 0 Å². The van der Waals surface area contributed by atoms with Crippen LogP contribution in [0.15, 0.2) is 6.20 Å².